The molecule has 0 radical (unpaired) electrons. The normalized spacial score (nSPS) is 19.7. The lowest BCUT2D eigenvalue weighted by molar-refractivity contribution is -0.128. The molecule has 2 atom stereocenters. The summed E-state index contributed by atoms with van der Waals surface area (Å²) in [4.78, 5) is 24.3. The van der Waals surface area contributed by atoms with Crippen molar-refractivity contribution in [2.75, 3.05) is 11.9 Å². The van der Waals surface area contributed by atoms with Crippen LogP contribution in [0, 0.1) is 5.92 Å². The van der Waals surface area contributed by atoms with Gasteiger partial charge in [-0.25, -0.2) is 0 Å². The van der Waals surface area contributed by atoms with E-state index in [1.165, 1.54) is 0 Å². The number of carbonyl (C=O) groups excluding carboxylic acids is 2. The van der Waals surface area contributed by atoms with Crippen LogP contribution in [0.1, 0.15) is 25.7 Å². The van der Waals surface area contributed by atoms with Crippen LogP contribution in [0.25, 0.3) is 10.8 Å². The smallest absolute Gasteiger partial charge is 0.243 e. The summed E-state index contributed by atoms with van der Waals surface area (Å²) in [7, 11) is 0. The van der Waals surface area contributed by atoms with Gasteiger partial charge < -0.3 is 16.4 Å². The Balaban J connectivity index is 0.00000225. The van der Waals surface area contributed by atoms with Crippen LogP contribution in [-0.4, -0.2) is 24.4 Å². The number of benzene rings is 2. The number of carbonyl (C=O) groups is 2. The van der Waals surface area contributed by atoms with Crippen LogP contribution in [-0.2, 0) is 9.59 Å². The van der Waals surface area contributed by atoms with Crippen LogP contribution in [0.3, 0.4) is 0 Å². The summed E-state index contributed by atoms with van der Waals surface area (Å²) >= 11 is 0. The predicted octanol–water partition coefficient (Wildman–Crippen LogP) is 2.83. The van der Waals surface area contributed by atoms with Gasteiger partial charge in [0.2, 0.25) is 11.8 Å². The van der Waals surface area contributed by atoms with Gasteiger partial charge in [-0.15, -0.1) is 12.4 Å². The van der Waals surface area contributed by atoms with Crippen molar-refractivity contribution in [2.45, 2.75) is 31.7 Å². The van der Waals surface area contributed by atoms with E-state index in [4.69, 9.17) is 5.73 Å². The third-order valence-electron chi connectivity index (χ3n) is 4.57. The van der Waals surface area contributed by atoms with Crippen molar-refractivity contribution in [3.05, 3.63) is 42.5 Å². The standard InChI is InChI=1S/C19H23N3O2.ClH/c20-15-8-3-7-14(11-15)19(24)21-12-18(23)22-17-10-4-6-13-5-1-2-9-16(13)17;/h1-2,4-6,9-10,14-15H,3,7-8,11-12,20H2,(H,21,24)(H,22,23);1H. The first-order valence-corrected chi connectivity index (χ1v) is 8.44. The number of nitrogens with one attached hydrogen (secondary N) is 2. The topological polar surface area (TPSA) is 84.2 Å². The second kappa shape index (κ2) is 8.83. The highest BCUT2D eigenvalue weighted by molar-refractivity contribution is 6.03. The van der Waals surface area contributed by atoms with Gasteiger partial charge in [0.1, 0.15) is 0 Å². The molecule has 2 unspecified atom stereocenters. The fraction of sp³-hybridized carbons (Fsp3) is 0.368. The fourth-order valence-electron chi connectivity index (χ4n) is 3.31. The van der Waals surface area contributed by atoms with Gasteiger partial charge in [-0.3, -0.25) is 9.59 Å². The number of rotatable bonds is 4. The van der Waals surface area contributed by atoms with Crippen LogP contribution in [0.15, 0.2) is 42.5 Å². The van der Waals surface area contributed by atoms with Crippen molar-refractivity contribution < 1.29 is 9.59 Å². The predicted molar refractivity (Wildman–Crippen MR) is 103 cm³/mol. The molecule has 1 aliphatic carbocycles. The number of amides is 2. The Morgan fingerprint density at radius 2 is 1.84 bits per heavy atom. The molecular weight excluding hydrogens is 338 g/mol. The molecule has 0 aliphatic heterocycles. The molecule has 25 heavy (non-hydrogen) atoms. The number of fused-ring (bicyclic) bond motifs is 1. The molecular formula is C19H24ClN3O2. The lowest BCUT2D eigenvalue weighted by atomic mass is 9.85. The van der Waals surface area contributed by atoms with E-state index in [1.807, 2.05) is 42.5 Å². The van der Waals surface area contributed by atoms with E-state index < -0.39 is 0 Å². The van der Waals surface area contributed by atoms with Crippen LogP contribution in [0.5, 0.6) is 0 Å². The lowest BCUT2D eigenvalue weighted by Crippen LogP contribution is -2.40. The lowest BCUT2D eigenvalue weighted by Gasteiger charge is -2.25. The maximum absolute atomic E-state index is 12.2. The number of hydrogen-bond acceptors (Lipinski definition) is 3. The number of anilines is 1. The third-order valence-corrected chi connectivity index (χ3v) is 4.57. The highest BCUT2D eigenvalue weighted by Gasteiger charge is 2.25. The minimum Gasteiger partial charge on any atom is -0.347 e. The van der Waals surface area contributed by atoms with Gasteiger partial charge >= 0.3 is 0 Å². The van der Waals surface area contributed by atoms with Gasteiger partial charge in [-0.2, -0.15) is 0 Å². The quantitative estimate of drug-likeness (QED) is 0.782. The van der Waals surface area contributed by atoms with Crippen LogP contribution in [0.2, 0.25) is 0 Å². The monoisotopic (exact) mass is 361 g/mol. The number of halogens is 1. The maximum Gasteiger partial charge on any atom is 0.243 e. The molecule has 6 heteroatoms. The molecule has 0 bridgehead atoms. The van der Waals surface area contributed by atoms with Gasteiger partial charge in [-0.05, 0) is 30.7 Å². The first-order chi connectivity index (χ1) is 11.6. The molecule has 1 fully saturated rings. The molecule has 0 spiro atoms. The highest BCUT2D eigenvalue weighted by atomic mass is 35.5. The van der Waals surface area contributed by atoms with Gasteiger partial charge in [0.15, 0.2) is 0 Å². The van der Waals surface area contributed by atoms with E-state index in [1.54, 1.807) is 0 Å². The molecule has 1 aliphatic rings. The molecule has 134 valence electrons. The Kier molecular flexibility index (Phi) is 6.79. The van der Waals surface area contributed by atoms with Crippen molar-refractivity contribution in [3.63, 3.8) is 0 Å². The number of nitrogens with two attached hydrogens (primary N) is 1. The van der Waals surface area contributed by atoms with E-state index in [9.17, 15) is 9.59 Å². The van der Waals surface area contributed by atoms with Gasteiger partial charge in [-0.1, -0.05) is 42.8 Å². The zero-order valence-corrected chi connectivity index (χ0v) is 14.9. The van der Waals surface area contributed by atoms with E-state index in [0.29, 0.717) is 6.42 Å². The van der Waals surface area contributed by atoms with Gasteiger partial charge in [0, 0.05) is 23.0 Å². The largest absolute Gasteiger partial charge is 0.347 e. The summed E-state index contributed by atoms with van der Waals surface area (Å²) in [5, 5.41) is 7.66. The summed E-state index contributed by atoms with van der Waals surface area (Å²) in [5.41, 5.74) is 6.67. The average Bonchev–Trinajstić information content (AvgIpc) is 2.60. The van der Waals surface area contributed by atoms with Crippen molar-refractivity contribution in [1.82, 2.24) is 5.32 Å². The fourth-order valence-corrected chi connectivity index (χ4v) is 3.31. The molecule has 2 aromatic carbocycles. The summed E-state index contributed by atoms with van der Waals surface area (Å²) < 4.78 is 0. The van der Waals surface area contributed by atoms with Crippen molar-refractivity contribution in [1.29, 1.82) is 0 Å². The molecule has 5 nitrogen and oxygen atoms in total. The Bertz CT molecular complexity index is 745. The average molecular weight is 362 g/mol. The van der Waals surface area contributed by atoms with E-state index in [-0.39, 0.29) is 42.7 Å². The first kappa shape index (κ1) is 19.2. The minimum absolute atomic E-state index is 0. The Morgan fingerprint density at radius 3 is 2.64 bits per heavy atom. The Hall–Kier alpha value is -2.11. The van der Waals surface area contributed by atoms with E-state index in [2.05, 4.69) is 10.6 Å². The van der Waals surface area contributed by atoms with E-state index in [0.717, 1.165) is 35.7 Å². The highest BCUT2D eigenvalue weighted by Crippen LogP contribution is 2.24. The summed E-state index contributed by atoms with van der Waals surface area (Å²) in [5.74, 6) is -0.364. The van der Waals surface area contributed by atoms with Crippen molar-refractivity contribution in [3.8, 4) is 0 Å². The van der Waals surface area contributed by atoms with Crippen molar-refractivity contribution in [2.24, 2.45) is 11.7 Å². The van der Waals surface area contributed by atoms with Crippen LogP contribution in [0.4, 0.5) is 5.69 Å². The molecule has 1 saturated carbocycles. The zero-order chi connectivity index (χ0) is 16.9. The molecule has 0 saturated heterocycles. The summed E-state index contributed by atoms with van der Waals surface area (Å²) in [6.07, 6.45) is 3.51. The molecule has 0 heterocycles. The minimum atomic E-state index is -0.222. The number of hydrogen-bond donors (Lipinski definition) is 3. The Morgan fingerprint density at radius 1 is 1.08 bits per heavy atom. The van der Waals surface area contributed by atoms with Crippen LogP contribution >= 0.6 is 12.4 Å². The Labute approximate surface area is 153 Å². The van der Waals surface area contributed by atoms with E-state index >= 15 is 0 Å². The van der Waals surface area contributed by atoms with Gasteiger partial charge in [0.25, 0.3) is 0 Å². The molecule has 3 rings (SSSR count). The SMILES string of the molecule is Cl.NC1CCCC(C(=O)NCC(=O)Nc2cccc3ccccc23)C1. The van der Waals surface area contributed by atoms with Crippen molar-refractivity contribution >= 4 is 40.7 Å². The zero-order valence-electron chi connectivity index (χ0n) is 14.0. The second-order valence-electron chi connectivity index (χ2n) is 6.42. The van der Waals surface area contributed by atoms with Crippen LogP contribution < -0.4 is 16.4 Å². The summed E-state index contributed by atoms with van der Waals surface area (Å²) in [6.45, 7) is -0.0200. The molecule has 4 N–H and O–H groups in total. The maximum atomic E-state index is 12.2. The molecule has 2 amide bonds. The summed E-state index contributed by atoms with van der Waals surface area (Å²) in [6, 6.07) is 13.7. The molecule has 2 aromatic rings. The third kappa shape index (κ3) is 4.94. The molecule has 0 aromatic heterocycles. The first-order valence-electron chi connectivity index (χ1n) is 8.44. The van der Waals surface area contributed by atoms with Gasteiger partial charge in [0.05, 0.1) is 6.54 Å². The second-order valence-corrected chi connectivity index (χ2v) is 6.42.